The van der Waals surface area contributed by atoms with Crippen LogP contribution in [0.15, 0.2) is 48.2 Å². The van der Waals surface area contributed by atoms with Gasteiger partial charge in [-0.15, -0.1) is 11.3 Å². The third-order valence-corrected chi connectivity index (χ3v) is 3.49. The molecule has 2 N–H and O–H groups in total. The quantitative estimate of drug-likeness (QED) is 0.761. The first kappa shape index (κ1) is 14.9. The van der Waals surface area contributed by atoms with Crippen LogP contribution in [0.4, 0.5) is 21.3 Å². The third kappa shape index (κ3) is 4.01. The number of aryl methyl sites for hydroxylation is 1. The van der Waals surface area contributed by atoms with Crippen molar-refractivity contribution in [2.24, 2.45) is 0 Å². The molecule has 0 aliphatic carbocycles. The van der Waals surface area contributed by atoms with Gasteiger partial charge < -0.3 is 10.1 Å². The third-order valence-electron chi connectivity index (χ3n) is 2.76. The topological polar surface area (TPSA) is 89.0 Å². The lowest BCUT2D eigenvalue weighted by Crippen LogP contribution is -2.18. The van der Waals surface area contributed by atoms with E-state index in [1.165, 1.54) is 11.3 Å². The predicted molar refractivity (Wildman–Crippen MR) is 88.3 cm³/mol. The lowest BCUT2D eigenvalue weighted by Gasteiger charge is -2.07. The fraction of sp³-hybridized carbons (Fsp3) is 0.0667. The zero-order chi connectivity index (χ0) is 16.1. The van der Waals surface area contributed by atoms with E-state index in [2.05, 4.69) is 25.6 Å². The molecule has 0 saturated heterocycles. The first-order valence-electron chi connectivity index (χ1n) is 6.74. The maximum atomic E-state index is 11.9. The Morgan fingerprint density at radius 2 is 2.17 bits per heavy atom. The summed E-state index contributed by atoms with van der Waals surface area (Å²) in [5.74, 6) is 0.621. The van der Waals surface area contributed by atoms with E-state index >= 15 is 0 Å². The number of anilines is 3. The van der Waals surface area contributed by atoms with Crippen LogP contribution in [0.2, 0.25) is 0 Å². The molecule has 3 aromatic rings. The molecule has 3 aromatic heterocycles. The number of rotatable bonds is 4. The number of hydrogen-bond acceptors (Lipinski definition) is 7. The lowest BCUT2D eigenvalue weighted by molar-refractivity contribution is 0.214. The summed E-state index contributed by atoms with van der Waals surface area (Å²) in [6.07, 6.45) is 2.70. The fourth-order valence-electron chi connectivity index (χ4n) is 1.79. The van der Waals surface area contributed by atoms with Gasteiger partial charge in [0.15, 0.2) is 5.00 Å². The van der Waals surface area contributed by atoms with Gasteiger partial charge in [-0.3, -0.25) is 10.3 Å². The SMILES string of the molecule is Cc1cccc(NC(=O)Oc2ncsc2Nc2cccnc2)n1. The smallest absolute Gasteiger partial charge is 0.388 e. The van der Waals surface area contributed by atoms with E-state index in [1.807, 2.05) is 19.1 Å². The maximum absolute atomic E-state index is 11.9. The number of thiazole rings is 1. The van der Waals surface area contributed by atoms with Gasteiger partial charge in [0.25, 0.3) is 5.88 Å². The second kappa shape index (κ2) is 6.84. The highest BCUT2D eigenvalue weighted by atomic mass is 32.1. The predicted octanol–water partition coefficient (Wildman–Crippen LogP) is 3.60. The van der Waals surface area contributed by atoms with E-state index in [4.69, 9.17) is 4.74 Å². The van der Waals surface area contributed by atoms with E-state index in [-0.39, 0.29) is 5.88 Å². The summed E-state index contributed by atoms with van der Waals surface area (Å²) in [6, 6.07) is 8.99. The van der Waals surface area contributed by atoms with Gasteiger partial charge in [-0.05, 0) is 31.2 Å². The van der Waals surface area contributed by atoms with Crippen molar-refractivity contribution in [3.63, 3.8) is 0 Å². The summed E-state index contributed by atoms with van der Waals surface area (Å²) in [7, 11) is 0. The molecule has 0 spiro atoms. The number of nitrogens with one attached hydrogen (secondary N) is 2. The van der Waals surface area contributed by atoms with Gasteiger partial charge in [-0.1, -0.05) is 6.07 Å². The Hall–Kier alpha value is -3.00. The second-order valence-corrected chi connectivity index (χ2v) is 5.39. The van der Waals surface area contributed by atoms with Crippen LogP contribution < -0.4 is 15.4 Å². The molecule has 8 heteroatoms. The zero-order valence-corrected chi connectivity index (χ0v) is 13.0. The highest BCUT2D eigenvalue weighted by Gasteiger charge is 2.13. The molecular formula is C15H13N5O2S. The van der Waals surface area contributed by atoms with E-state index in [0.29, 0.717) is 10.8 Å². The fourth-order valence-corrected chi connectivity index (χ4v) is 2.42. The van der Waals surface area contributed by atoms with Gasteiger partial charge in [0.05, 0.1) is 17.4 Å². The largest absolute Gasteiger partial charge is 0.419 e. The second-order valence-electron chi connectivity index (χ2n) is 4.53. The van der Waals surface area contributed by atoms with Crippen LogP contribution in [0.25, 0.3) is 0 Å². The molecule has 0 aliphatic rings. The molecule has 0 saturated carbocycles. The molecule has 3 heterocycles. The van der Waals surface area contributed by atoms with Crippen LogP contribution >= 0.6 is 11.3 Å². The van der Waals surface area contributed by atoms with Gasteiger partial charge in [0, 0.05) is 11.9 Å². The highest BCUT2D eigenvalue weighted by molar-refractivity contribution is 7.14. The van der Waals surface area contributed by atoms with Gasteiger partial charge in [-0.25, -0.2) is 14.8 Å². The Morgan fingerprint density at radius 1 is 1.26 bits per heavy atom. The van der Waals surface area contributed by atoms with Gasteiger partial charge in [0.1, 0.15) is 5.82 Å². The average molecular weight is 327 g/mol. The Labute approximate surface area is 136 Å². The van der Waals surface area contributed by atoms with Crippen LogP contribution in [0.5, 0.6) is 5.88 Å². The average Bonchev–Trinajstić information content (AvgIpc) is 2.95. The Kier molecular flexibility index (Phi) is 4.44. The molecule has 0 bridgehead atoms. The summed E-state index contributed by atoms with van der Waals surface area (Å²) in [6.45, 7) is 1.84. The van der Waals surface area contributed by atoms with Crippen LogP contribution in [-0.2, 0) is 0 Å². The number of nitrogens with zero attached hydrogens (tertiary/aromatic N) is 3. The van der Waals surface area contributed by atoms with E-state index < -0.39 is 6.09 Å². The van der Waals surface area contributed by atoms with Crippen molar-refractivity contribution in [3.8, 4) is 5.88 Å². The van der Waals surface area contributed by atoms with Crippen molar-refractivity contribution >= 4 is 33.9 Å². The number of ether oxygens (including phenoxy) is 1. The van der Waals surface area contributed by atoms with Crippen molar-refractivity contribution < 1.29 is 9.53 Å². The molecule has 0 atom stereocenters. The minimum absolute atomic E-state index is 0.198. The van der Waals surface area contributed by atoms with Gasteiger partial charge in [0.2, 0.25) is 0 Å². The highest BCUT2D eigenvalue weighted by Crippen LogP contribution is 2.30. The Morgan fingerprint density at radius 3 is 2.96 bits per heavy atom. The number of carbonyl (C=O) groups is 1. The monoisotopic (exact) mass is 327 g/mol. The maximum Gasteiger partial charge on any atom is 0.419 e. The van der Waals surface area contributed by atoms with Gasteiger partial charge >= 0.3 is 6.09 Å². The van der Waals surface area contributed by atoms with Crippen molar-refractivity contribution in [2.45, 2.75) is 6.92 Å². The standard InChI is InChI=1S/C15H13N5O2S/c1-10-4-2-6-12(18-10)20-15(21)22-13-14(23-9-17-13)19-11-5-3-7-16-8-11/h2-9,19H,1H3,(H,18,20,21). The number of hydrogen-bond donors (Lipinski definition) is 2. The van der Waals surface area contributed by atoms with E-state index in [0.717, 1.165) is 11.4 Å². The molecule has 0 unspecified atom stereocenters. The first-order chi connectivity index (χ1) is 11.2. The van der Waals surface area contributed by atoms with E-state index in [9.17, 15) is 4.79 Å². The number of carbonyl (C=O) groups excluding carboxylic acids is 1. The van der Waals surface area contributed by atoms with Crippen LogP contribution in [0.3, 0.4) is 0 Å². The Balaban J connectivity index is 1.66. The molecule has 1 amide bonds. The molecule has 0 fully saturated rings. The van der Waals surface area contributed by atoms with Gasteiger partial charge in [-0.2, -0.15) is 0 Å². The number of pyridine rings is 2. The molecule has 3 rings (SSSR count). The van der Waals surface area contributed by atoms with Crippen LogP contribution in [0.1, 0.15) is 5.69 Å². The molecule has 116 valence electrons. The molecule has 7 nitrogen and oxygen atoms in total. The molecule has 0 radical (unpaired) electrons. The summed E-state index contributed by atoms with van der Waals surface area (Å²) in [5, 5.41) is 6.28. The minimum Gasteiger partial charge on any atom is -0.388 e. The molecular weight excluding hydrogens is 314 g/mol. The zero-order valence-electron chi connectivity index (χ0n) is 12.2. The van der Waals surface area contributed by atoms with Crippen molar-refractivity contribution in [3.05, 3.63) is 53.9 Å². The molecule has 0 aliphatic heterocycles. The lowest BCUT2D eigenvalue weighted by atomic mass is 10.4. The number of aromatic nitrogens is 3. The van der Waals surface area contributed by atoms with Crippen LogP contribution in [0, 0.1) is 6.92 Å². The van der Waals surface area contributed by atoms with Crippen molar-refractivity contribution in [1.82, 2.24) is 15.0 Å². The van der Waals surface area contributed by atoms with Crippen molar-refractivity contribution in [2.75, 3.05) is 10.6 Å². The summed E-state index contributed by atoms with van der Waals surface area (Å²) < 4.78 is 5.23. The van der Waals surface area contributed by atoms with Crippen molar-refractivity contribution in [1.29, 1.82) is 0 Å². The minimum atomic E-state index is -0.650. The Bertz CT molecular complexity index is 806. The first-order valence-corrected chi connectivity index (χ1v) is 7.62. The number of amides is 1. The van der Waals surface area contributed by atoms with Crippen LogP contribution in [-0.4, -0.2) is 21.0 Å². The summed E-state index contributed by atoms with van der Waals surface area (Å²) >= 11 is 1.32. The normalized spacial score (nSPS) is 10.1. The molecule has 23 heavy (non-hydrogen) atoms. The summed E-state index contributed by atoms with van der Waals surface area (Å²) in [4.78, 5) is 24.2. The summed E-state index contributed by atoms with van der Waals surface area (Å²) in [5.41, 5.74) is 3.17. The van der Waals surface area contributed by atoms with E-state index in [1.54, 1.807) is 36.1 Å². The molecule has 0 aromatic carbocycles.